The van der Waals surface area contributed by atoms with Crippen LogP contribution in [0.15, 0.2) is 24.3 Å². The third-order valence-corrected chi connectivity index (χ3v) is 4.79. The van der Waals surface area contributed by atoms with Crippen LogP contribution >= 0.6 is 11.6 Å². The van der Waals surface area contributed by atoms with Crippen molar-refractivity contribution in [2.24, 2.45) is 5.92 Å². The fraction of sp³-hybridized carbons (Fsp3) is 0.632. The van der Waals surface area contributed by atoms with Crippen LogP contribution in [0.2, 0.25) is 0 Å². The third kappa shape index (κ3) is 5.82. The van der Waals surface area contributed by atoms with Crippen molar-refractivity contribution in [3.05, 3.63) is 29.8 Å². The number of alkyl halides is 1. The van der Waals surface area contributed by atoms with Crippen LogP contribution in [0.4, 0.5) is 5.69 Å². The molecule has 0 N–H and O–H groups in total. The molecule has 1 amide bonds. The Labute approximate surface area is 146 Å². The van der Waals surface area contributed by atoms with E-state index in [1.165, 1.54) is 0 Å². The zero-order chi connectivity index (χ0) is 17.2. The van der Waals surface area contributed by atoms with E-state index in [1.54, 1.807) is 4.90 Å². The number of carbonyl (C=O) groups is 1. The number of para-hydroxylation sites is 1. The van der Waals surface area contributed by atoms with Gasteiger partial charge in [0.15, 0.2) is 0 Å². The number of benzene rings is 1. The summed E-state index contributed by atoms with van der Waals surface area (Å²) in [6.45, 7) is 9.19. The van der Waals surface area contributed by atoms with Gasteiger partial charge in [0.05, 0.1) is 0 Å². The number of rotatable bonds is 10. The molecule has 0 fully saturated rings. The quantitative estimate of drug-likeness (QED) is 0.340. The van der Waals surface area contributed by atoms with Crippen LogP contribution < -0.4 is 4.90 Å². The number of hydrogen-bond acceptors (Lipinski definition) is 2. The molecule has 2 atom stereocenters. The summed E-state index contributed by atoms with van der Waals surface area (Å²) in [5.41, 5.74) is 2.04. The maximum Gasteiger partial charge on any atom is 0.247 e. The lowest BCUT2D eigenvalue weighted by Gasteiger charge is -2.28. The second-order valence-electron chi connectivity index (χ2n) is 5.93. The zero-order valence-electron chi connectivity index (χ0n) is 14.8. The van der Waals surface area contributed by atoms with E-state index in [1.807, 2.05) is 31.2 Å². The van der Waals surface area contributed by atoms with Crippen LogP contribution in [0, 0.1) is 5.92 Å². The van der Waals surface area contributed by atoms with E-state index in [0.29, 0.717) is 6.61 Å². The fourth-order valence-electron chi connectivity index (χ4n) is 2.33. The number of hydrogen-bond donors (Lipinski definition) is 0. The summed E-state index contributed by atoms with van der Waals surface area (Å²) in [5.74, 6) is 0.0644. The Morgan fingerprint density at radius 1 is 1.26 bits per heavy atom. The zero-order valence-corrected chi connectivity index (χ0v) is 15.6. The van der Waals surface area contributed by atoms with Gasteiger partial charge in [-0.2, -0.15) is 0 Å². The molecule has 4 heteroatoms. The molecule has 3 nitrogen and oxygen atoms in total. The Hall–Kier alpha value is -1.06. The summed E-state index contributed by atoms with van der Waals surface area (Å²) in [6, 6.07) is 7.97. The van der Waals surface area contributed by atoms with E-state index in [4.69, 9.17) is 16.3 Å². The first kappa shape index (κ1) is 20.0. The summed E-state index contributed by atoms with van der Waals surface area (Å²) < 4.78 is 5.72. The van der Waals surface area contributed by atoms with Crippen LogP contribution in [0.5, 0.6) is 0 Å². The smallest absolute Gasteiger partial charge is 0.247 e. The Kier molecular flexibility index (Phi) is 9.27. The lowest BCUT2D eigenvalue weighted by Crippen LogP contribution is -2.41. The number of halogens is 1. The van der Waals surface area contributed by atoms with Crippen molar-refractivity contribution in [2.75, 3.05) is 18.2 Å². The van der Waals surface area contributed by atoms with E-state index in [9.17, 15) is 4.79 Å². The summed E-state index contributed by atoms with van der Waals surface area (Å²) in [5, 5.41) is -0.528. The monoisotopic (exact) mass is 339 g/mol. The molecule has 0 aromatic heterocycles. The van der Waals surface area contributed by atoms with Crippen LogP contribution in [-0.2, 0) is 16.0 Å². The first-order chi connectivity index (χ1) is 11.1. The first-order valence-electron chi connectivity index (χ1n) is 8.67. The lowest BCUT2D eigenvalue weighted by atomic mass is 10.0. The molecule has 0 aliphatic carbocycles. The number of aryl methyl sites for hydroxylation is 1. The van der Waals surface area contributed by atoms with Gasteiger partial charge in [0, 0.05) is 12.3 Å². The molecule has 1 aromatic rings. The molecular formula is C19H30ClNO2. The van der Waals surface area contributed by atoms with Gasteiger partial charge in [-0.1, -0.05) is 58.7 Å². The molecule has 0 heterocycles. The Balaban J connectivity index is 2.98. The number of anilines is 1. The molecule has 0 aliphatic rings. The molecule has 0 saturated heterocycles. The van der Waals surface area contributed by atoms with Gasteiger partial charge in [-0.15, -0.1) is 11.6 Å². The van der Waals surface area contributed by atoms with E-state index in [0.717, 1.165) is 36.9 Å². The van der Waals surface area contributed by atoms with Gasteiger partial charge < -0.3 is 4.74 Å². The van der Waals surface area contributed by atoms with Crippen LogP contribution in [-0.4, -0.2) is 24.6 Å². The highest BCUT2D eigenvalue weighted by Gasteiger charge is 2.28. The maximum absolute atomic E-state index is 12.9. The molecule has 2 unspecified atom stereocenters. The molecule has 1 aromatic carbocycles. The number of amides is 1. The van der Waals surface area contributed by atoms with E-state index in [-0.39, 0.29) is 18.6 Å². The average molecular weight is 340 g/mol. The molecule has 0 saturated carbocycles. The minimum absolute atomic E-state index is 0.0709. The van der Waals surface area contributed by atoms with E-state index in [2.05, 4.69) is 20.8 Å². The summed E-state index contributed by atoms with van der Waals surface area (Å²) in [6.07, 6.45) is 3.81. The second kappa shape index (κ2) is 10.7. The van der Waals surface area contributed by atoms with Crippen molar-refractivity contribution < 1.29 is 9.53 Å². The van der Waals surface area contributed by atoms with E-state index < -0.39 is 5.38 Å². The number of unbranched alkanes of at least 4 members (excludes halogenated alkanes) is 1. The molecule has 0 aliphatic heterocycles. The lowest BCUT2D eigenvalue weighted by molar-refractivity contribution is -0.120. The molecule has 130 valence electrons. The van der Waals surface area contributed by atoms with Crippen molar-refractivity contribution >= 4 is 23.2 Å². The molecule has 1 rings (SSSR count). The highest BCUT2D eigenvalue weighted by molar-refractivity contribution is 6.33. The maximum atomic E-state index is 12.9. The van der Waals surface area contributed by atoms with Gasteiger partial charge in [-0.3, -0.25) is 9.69 Å². The topological polar surface area (TPSA) is 29.5 Å². The average Bonchev–Trinajstić information content (AvgIpc) is 2.60. The van der Waals surface area contributed by atoms with Gasteiger partial charge in [-0.05, 0) is 30.4 Å². The molecule has 23 heavy (non-hydrogen) atoms. The molecule has 0 radical (unpaired) electrons. The van der Waals surface area contributed by atoms with Crippen LogP contribution in [0.1, 0.15) is 52.5 Å². The number of carbonyl (C=O) groups excluding carboxylic acids is 1. The van der Waals surface area contributed by atoms with Gasteiger partial charge in [0.25, 0.3) is 0 Å². The van der Waals surface area contributed by atoms with Crippen molar-refractivity contribution in [3.8, 4) is 0 Å². The first-order valence-corrected chi connectivity index (χ1v) is 9.11. The predicted octanol–water partition coefficient (Wildman–Crippen LogP) is 5.01. The predicted molar refractivity (Wildman–Crippen MR) is 98.1 cm³/mol. The Morgan fingerprint density at radius 3 is 2.57 bits per heavy atom. The van der Waals surface area contributed by atoms with Crippen molar-refractivity contribution in [1.29, 1.82) is 0 Å². The molecule has 0 bridgehead atoms. The number of ether oxygens (including phenoxy) is 1. The normalized spacial score (nSPS) is 13.6. The van der Waals surface area contributed by atoms with Gasteiger partial charge in [0.1, 0.15) is 12.1 Å². The third-order valence-electron chi connectivity index (χ3n) is 4.17. The summed E-state index contributed by atoms with van der Waals surface area (Å²) >= 11 is 6.42. The van der Waals surface area contributed by atoms with Crippen molar-refractivity contribution in [3.63, 3.8) is 0 Å². The number of nitrogens with zero attached hydrogens (tertiary/aromatic N) is 1. The molecular weight excluding hydrogens is 310 g/mol. The highest BCUT2D eigenvalue weighted by atomic mass is 35.5. The second-order valence-corrected chi connectivity index (χ2v) is 6.40. The van der Waals surface area contributed by atoms with E-state index >= 15 is 0 Å². The van der Waals surface area contributed by atoms with Crippen molar-refractivity contribution in [2.45, 2.75) is 58.8 Å². The minimum Gasteiger partial charge on any atom is -0.361 e. The SMILES string of the molecule is CCCCOCN(C(=O)C(Cl)C(C)CC)c1ccccc1CC. The Bertz CT molecular complexity index is 478. The van der Waals surface area contributed by atoms with Gasteiger partial charge in [-0.25, -0.2) is 0 Å². The fourth-order valence-corrected chi connectivity index (χ4v) is 2.62. The van der Waals surface area contributed by atoms with Crippen LogP contribution in [0.25, 0.3) is 0 Å². The standard InChI is InChI=1S/C19H30ClNO2/c1-5-8-13-23-14-21(19(22)18(20)15(4)6-2)17-12-10-9-11-16(17)7-3/h9-12,15,18H,5-8,13-14H2,1-4H3. The summed E-state index contributed by atoms with van der Waals surface area (Å²) in [7, 11) is 0. The highest BCUT2D eigenvalue weighted by Crippen LogP contribution is 2.25. The molecule has 0 spiro atoms. The van der Waals surface area contributed by atoms with Gasteiger partial charge in [0.2, 0.25) is 5.91 Å². The van der Waals surface area contributed by atoms with Crippen LogP contribution in [0.3, 0.4) is 0 Å². The largest absolute Gasteiger partial charge is 0.361 e. The van der Waals surface area contributed by atoms with Gasteiger partial charge >= 0.3 is 0 Å². The summed E-state index contributed by atoms with van der Waals surface area (Å²) in [4.78, 5) is 14.6. The minimum atomic E-state index is -0.528. The van der Waals surface area contributed by atoms with Crippen molar-refractivity contribution in [1.82, 2.24) is 0 Å². The Morgan fingerprint density at radius 2 is 1.96 bits per heavy atom.